The van der Waals surface area contributed by atoms with Gasteiger partial charge in [0.1, 0.15) is 0 Å². The van der Waals surface area contributed by atoms with Gasteiger partial charge in [0.25, 0.3) is 0 Å². The summed E-state index contributed by atoms with van der Waals surface area (Å²) in [5.41, 5.74) is 2.27. The van der Waals surface area contributed by atoms with E-state index in [1.54, 1.807) is 0 Å². The van der Waals surface area contributed by atoms with E-state index >= 15 is 0 Å². The van der Waals surface area contributed by atoms with E-state index in [9.17, 15) is 0 Å². The Morgan fingerprint density at radius 3 is 2.82 bits per heavy atom. The summed E-state index contributed by atoms with van der Waals surface area (Å²) in [6.07, 6.45) is 8.54. The van der Waals surface area contributed by atoms with Gasteiger partial charge >= 0.3 is 0 Å². The molecule has 0 fully saturated rings. The van der Waals surface area contributed by atoms with Crippen LogP contribution in [0.5, 0.6) is 0 Å². The molecule has 0 spiro atoms. The highest BCUT2D eigenvalue weighted by Crippen LogP contribution is 2.04. The van der Waals surface area contributed by atoms with Gasteiger partial charge in [0.2, 0.25) is 0 Å². The number of hydrogen-bond donors (Lipinski definition) is 1. The summed E-state index contributed by atoms with van der Waals surface area (Å²) >= 11 is 0. The largest absolute Gasteiger partial charge is 0.351 e. The number of hydrogen-bond acceptors (Lipinski definition) is 2. The number of nitrogens with one attached hydrogen (secondary N) is 1. The van der Waals surface area contributed by atoms with Gasteiger partial charge in [0.15, 0.2) is 5.96 Å². The van der Waals surface area contributed by atoms with Crippen molar-refractivity contribution in [3.05, 3.63) is 42.2 Å². The Morgan fingerprint density at radius 2 is 2.18 bits per heavy atom. The zero-order valence-electron chi connectivity index (χ0n) is 14.0. The maximum Gasteiger partial charge on any atom is 0.193 e. The second-order valence-corrected chi connectivity index (χ2v) is 5.23. The standard InChI is InChI=1S/C17H28N4.HI/c1-5-6-7-8-9-13-21(4)17(18-3)20-14-16-15(2)11-10-12-19-16;/h5,10-12H,1,6-9,13-14H2,2-4H3,(H,18,20);1H. The van der Waals surface area contributed by atoms with Crippen molar-refractivity contribution >= 4 is 29.9 Å². The lowest BCUT2D eigenvalue weighted by Gasteiger charge is -2.22. The van der Waals surface area contributed by atoms with E-state index in [4.69, 9.17) is 0 Å². The molecule has 0 aliphatic rings. The molecule has 0 radical (unpaired) electrons. The number of pyridine rings is 1. The molecule has 1 N–H and O–H groups in total. The van der Waals surface area contributed by atoms with Crippen LogP contribution in [-0.4, -0.2) is 36.5 Å². The second-order valence-electron chi connectivity index (χ2n) is 5.23. The fourth-order valence-electron chi connectivity index (χ4n) is 2.17. The summed E-state index contributed by atoms with van der Waals surface area (Å²) < 4.78 is 0. The Bertz CT molecular complexity index is 460. The van der Waals surface area contributed by atoms with Gasteiger partial charge in [-0.15, -0.1) is 30.6 Å². The van der Waals surface area contributed by atoms with Gasteiger partial charge in [0, 0.05) is 26.8 Å². The number of guanidine groups is 1. The van der Waals surface area contributed by atoms with Crippen molar-refractivity contribution in [1.29, 1.82) is 0 Å². The molecule has 4 nitrogen and oxygen atoms in total. The van der Waals surface area contributed by atoms with Gasteiger partial charge in [-0.2, -0.15) is 0 Å². The van der Waals surface area contributed by atoms with Crippen LogP contribution in [0.15, 0.2) is 36.0 Å². The van der Waals surface area contributed by atoms with Crippen LogP contribution in [0.25, 0.3) is 0 Å². The lowest BCUT2D eigenvalue weighted by atomic mass is 10.2. The zero-order valence-corrected chi connectivity index (χ0v) is 16.3. The molecule has 5 heteroatoms. The Morgan fingerprint density at radius 1 is 1.41 bits per heavy atom. The van der Waals surface area contributed by atoms with Crippen LogP contribution in [0, 0.1) is 6.92 Å². The molecule has 0 saturated carbocycles. The highest BCUT2D eigenvalue weighted by atomic mass is 127. The second kappa shape index (κ2) is 12.4. The number of nitrogens with zero attached hydrogens (tertiary/aromatic N) is 3. The van der Waals surface area contributed by atoms with Crippen molar-refractivity contribution in [3.63, 3.8) is 0 Å². The van der Waals surface area contributed by atoms with Crippen molar-refractivity contribution in [2.45, 2.75) is 39.2 Å². The van der Waals surface area contributed by atoms with Gasteiger partial charge in [-0.1, -0.05) is 18.6 Å². The topological polar surface area (TPSA) is 40.5 Å². The van der Waals surface area contributed by atoms with Crippen molar-refractivity contribution in [2.75, 3.05) is 20.6 Å². The first-order chi connectivity index (χ1) is 10.2. The van der Waals surface area contributed by atoms with E-state index in [1.165, 1.54) is 24.8 Å². The quantitative estimate of drug-likeness (QED) is 0.231. The molecule has 0 aliphatic carbocycles. The molecule has 22 heavy (non-hydrogen) atoms. The number of aliphatic imine (C=N–C) groups is 1. The summed E-state index contributed by atoms with van der Waals surface area (Å²) in [4.78, 5) is 10.9. The summed E-state index contributed by atoms with van der Waals surface area (Å²) in [7, 11) is 3.90. The van der Waals surface area contributed by atoms with Crippen molar-refractivity contribution < 1.29 is 0 Å². The first kappa shape index (κ1) is 20.9. The number of rotatable bonds is 8. The molecule has 0 aliphatic heterocycles. The molecule has 0 aromatic carbocycles. The van der Waals surface area contributed by atoms with E-state index in [1.807, 2.05) is 25.4 Å². The molecule has 0 unspecified atom stereocenters. The number of aryl methyl sites for hydroxylation is 1. The van der Waals surface area contributed by atoms with Crippen LogP contribution in [0.1, 0.15) is 36.9 Å². The first-order valence-corrected chi connectivity index (χ1v) is 7.62. The van der Waals surface area contributed by atoms with E-state index in [2.05, 4.69) is 46.8 Å². The van der Waals surface area contributed by atoms with Crippen LogP contribution < -0.4 is 5.32 Å². The highest BCUT2D eigenvalue weighted by Gasteiger charge is 2.06. The minimum absolute atomic E-state index is 0. The minimum atomic E-state index is 0. The summed E-state index contributed by atoms with van der Waals surface area (Å²) in [5, 5.41) is 3.38. The third-order valence-electron chi connectivity index (χ3n) is 3.51. The monoisotopic (exact) mass is 416 g/mol. The molecular formula is C17H29IN4. The molecule has 1 rings (SSSR count). The smallest absolute Gasteiger partial charge is 0.193 e. The summed E-state index contributed by atoms with van der Waals surface area (Å²) in [6, 6.07) is 4.04. The van der Waals surface area contributed by atoms with Gasteiger partial charge in [-0.25, -0.2) is 0 Å². The van der Waals surface area contributed by atoms with Crippen molar-refractivity contribution in [2.24, 2.45) is 4.99 Å². The maximum atomic E-state index is 4.39. The van der Waals surface area contributed by atoms with E-state index < -0.39 is 0 Å². The van der Waals surface area contributed by atoms with Gasteiger partial charge in [-0.05, 0) is 37.8 Å². The van der Waals surface area contributed by atoms with E-state index in [0.717, 1.165) is 24.6 Å². The third kappa shape index (κ3) is 7.77. The molecule has 1 heterocycles. The van der Waals surface area contributed by atoms with Crippen LogP contribution in [0.3, 0.4) is 0 Å². The molecule has 1 aromatic heterocycles. The van der Waals surface area contributed by atoms with Crippen molar-refractivity contribution in [1.82, 2.24) is 15.2 Å². The Hall–Kier alpha value is -1.11. The number of halogens is 1. The lowest BCUT2D eigenvalue weighted by molar-refractivity contribution is 0.454. The maximum absolute atomic E-state index is 4.39. The average Bonchev–Trinajstić information content (AvgIpc) is 2.49. The number of aromatic nitrogens is 1. The van der Waals surface area contributed by atoms with Crippen LogP contribution >= 0.6 is 24.0 Å². The number of allylic oxidation sites excluding steroid dienone is 1. The Kier molecular flexibility index (Phi) is 11.8. The number of unbranched alkanes of at least 4 members (excludes halogenated alkanes) is 3. The van der Waals surface area contributed by atoms with Crippen LogP contribution in [-0.2, 0) is 6.54 Å². The predicted molar refractivity (Wildman–Crippen MR) is 106 cm³/mol. The zero-order chi connectivity index (χ0) is 15.5. The molecule has 124 valence electrons. The van der Waals surface area contributed by atoms with Crippen LogP contribution in [0.2, 0.25) is 0 Å². The van der Waals surface area contributed by atoms with E-state index in [0.29, 0.717) is 6.54 Å². The molecular weight excluding hydrogens is 387 g/mol. The predicted octanol–water partition coefficient (Wildman–Crippen LogP) is 3.76. The van der Waals surface area contributed by atoms with Crippen LogP contribution in [0.4, 0.5) is 0 Å². The molecule has 1 aromatic rings. The molecule has 0 saturated heterocycles. The van der Waals surface area contributed by atoms with Gasteiger partial charge < -0.3 is 10.2 Å². The molecule has 0 amide bonds. The normalized spacial score (nSPS) is 10.8. The Balaban J connectivity index is 0.00000441. The van der Waals surface area contributed by atoms with Gasteiger partial charge in [0.05, 0.1) is 12.2 Å². The van der Waals surface area contributed by atoms with Crippen molar-refractivity contribution in [3.8, 4) is 0 Å². The fourth-order valence-corrected chi connectivity index (χ4v) is 2.17. The lowest BCUT2D eigenvalue weighted by Crippen LogP contribution is -2.39. The molecule has 0 atom stereocenters. The minimum Gasteiger partial charge on any atom is -0.351 e. The molecule has 0 bridgehead atoms. The SMILES string of the molecule is C=CCCCCCN(C)C(=NC)NCc1ncccc1C.I. The average molecular weight is 416 g/mol. The first-order valence-electron chi connectivity index (χ1n) is 7.62. The van der Waals surface area contributed by atoms with Gasteiger partial charge in [-0.3, -0.25) is 9.98 Å². The van der Waals surface area contributed by atoms with E-state index in [-0.39, 0.29) is 24.0 Å². The Labute approximate surface area is 152 Å². The fraction of sp³-hybridized carbons (Fsp3) is 0.529. The summed E-state index contributed by atoms with van der Waals surface area (Å²) in [5.74, 6) is 0.920. The highest BCUT2D eigenvalue weighted by molar-refractivity contribution is 14.0. The third-order valence-corrected chi connectivity index (χ3v) is 3.51. The summed E-state index contributed by atoms with van der Waals surface area (Å²) in [6.45, 7) is 7.55.